The lowest BCUT2D eigenvalue weighted by Gasteiger charge is -2.19. The molecular formula is C17H22N4O3. The lowest BCUT2D eigenvalue weighted by Crippen LogP contribution is -2.33. The fourth-order valence-corrected chi connectivity index (χ4v) is 2.89. The van der Waals surface area contributed by atoms with Crippen LogP contribution in [-0.2, 0) is 11.3 Å². The number of carbonyl (C=O) groups is 1. The summed E-state index contributed by atoms with van der Waals surface area (Å²) in [5, 5.41) is 4.07. The highest BCUT2D eigenvalue weighted by Crippen LogP contribution is 2.27. The number of benzene rings is 1. The Morgan fingerprint density at radius 3 is 2.88 bits per heavy atom. The van der Waals surface area contributed by atoms with Gasteiger partial charge in [-0.15, -0.1) is 0 Å². The van der Waals surface area contributed by atoms with Crippen molar-refractivity contribution in [3.05, 3.63) is 30.2 Å². The van der Waals surface area contributed by atoms with Gasteiger partial charge in [-0.1, -0.05) is 17.3 Å². The third kappa shape index (κ3) is 3.73. The molecule has 1 aliphatic heterocycles. The largest absolute Gasteiger partial charge is 0.496 e. The average Bonchev–Trinajstić information content (AvgIpc) is 2.92. The molecule has 0 bridgehead atoms. The van der Waals surface area contributed by atoms with Gasteiger partial charge in [0.1, 0.15) is 5.75 Å². The molecular weight excluding hydrogens is 308 g/mol. The van der Waals surface area contributed by atoms with E-state index in [2.05, 4.69) is 15.0 Å². The summed E-state index contributed by atoms with van der Waals surface area (Å²) in [6.45, 7) is 5.48. The van der Waals surface area contributed by atoms with Gasteiger partial charge in [0.15, 0.2) is 0 Å². The van der Waals surface area contributed by atoms with Gasteiger partial charge >= 0.3 is 0 Å². The van der Waals surface area contributed by atoms with Gasteiger partial charge in [0, 0.05) is 33.1 Å². The summed E-state index contributed by atoms with van der Waals surface area (Å²) in [6.07, 6.45) is 0.951. The molecule has 1 aliphatic rings. The number of nitrogens with zero attached hydrogens (tertiary/aromatic N) is 4. The molecule has 0 saturated carbocycles. The number of hydrogen-bond acceptors (Lipinski definition) is 6. The Morgan fingerprint density at radius 1 is 1.25 bits per heavy atom. The van der Waals surface area contributed by atoms with Crippen LogP contribution in [0.1, 0.15) is 19.2 Å². The minimum atomic E-state index is 0.132. The van der Waals surface area contributed by atoms with Gasteiger partial charge < -0.3 is 14.2 Å². The van der Waals surface area contributed by atoms with E-state index in [0.29, 0.717) is 18.3 Å². The van der Waals surface area contributed by atoms with E-state index < -0.39 is 0 Å². The Kier molecular flexibility index (Phi) is 5.10. The van der Waals surface area contributed by atoms with E-state index >= 15 is 0 Å². The van der Waals surface area contributed by atoms with Crippen molar-refractivity contribution in [2.24, 2.45) is 0 Å². The van der Waals surface area contributed by atoms with Crippen LogP contribution in [0.25, 0.3) is 11.4 Å². The van der Waals surface area contributed by atoms with E-state index in [1.807, 2.05) is 29.2 Å². The minimum Gasteiger partial charge on any atom is -0.496 e. The van der Waals surface area contributed by atoms with Crippen molar-refractivity contribution in [1.82, 2.24) is 19.9 Å². The highest BCUT2D eigenvalue weighted by Gasteiger charge is 2.19. The number of methoxy groups -OCH3 is 1. The molecule has 0 aliphatic carbocycles. The molecule has 1 aromatic heterocycles. The molecule has 0 radical (unpaired) electrons. The molecule has 0 spiro atoms. The summed E-state index contributed by atoms with van der Waals surface area (Å²) < 4.78 is 10.7. The van der Waals surface area contributed by atoms with Crippen LogP contribution < -0.4 is 4.74 Å². The molecule has 2 aromatic rings. The maximum Gasteiger partial charge on any atom is 0.241 e. The van der Waals surface area contributed by atoms with Crippen LogP contribution in [0.5, 0.6) is 5.75 Å². The van der Waals surface area contributed by atoms with Crippen molar-refractivity contribution in [3.63, 3.8) is 0 Å². The zero-order valence-electron chi connectivity index (χ0n) is 14.1. The van der Waals surface area contributed by atoms with Crippen molar-refractivity contribution in [2.75, 3.05) is 33.3 Å². The second-order valence-corrected chi connectivity index (χ2v) is 5.85. The molecule has 1 saturated heterocycles. The molecule has 1 aromatic carbocycles. The van der Waals surface area contributed by atoms with Gasteiger partial charge in [0.05, 0.1) is 19.2 Å². The van der Waals surface area contributed by atoms with Gasteiger partial charge in [0.25, 0.3) is 0 Å². The Balaban J connectivity index is 1.67. The van der Waals surface area contributed by atoms with Gasteiger partial charge in [-0.2, -0.15) is 4.98 Å². The Morgan fingerprint density at radius 2 is 2.08 bits per heavy atom. The van der Waals surface area contributed by atoms with E-state index in [9.17, 15) is 4.79 Å². The molecule has 0 N–H and O–H groups in total. The zero-order chi connectivity index (χ0) is 16.9. The molecule has 3 rings (SSSR count). The maximum absolute atomic E-state index is 11.5. The summed E-state index contributed by atoms with van der Waals surface area (Å²) in [7, 11) is 1.62. The summed E-state index contributed by atoms with van der Waals surface area (Å²) in [4.78, 5) is 20.1. The Labute approximate surface area is 141 Å². The molecule has 0 unspecified atom stereocenters. The topological polar surface area (TPSA) is 71.7 Å². The highest BCUT2D eigenvalue weighted by molar-refractivity contribution is 5.73. The summed E-state index contributed by atoms with van der Waals surface area (Å²) in [6, 6.07) is 7.60. The Bertz CT molecular complexity index is 701. The number of ether oxygens (including phenoxy) is 1. The van der Waals surface area contributed by atoms with Crippen LogP contribution in [0.3, 0.4) is 0 Å². The summed E-state index contributed by atoms with van der Waals surface area (Å²) >= 11 is 0. The van der Waals surface area contributed by atoms with Gasteiger partial charge in [-0.25, -0.2) is 0 Å². The zero-order valence-corrected chi connectivity index (χ0v) is 14.1. The molecule has 7 heteroatoms. The second kappa shape index (κ2) is 7.44. The van der Waals surface area contributed by atoms with E-state index in [1.165, 1.54) is 0 Å². The average molecular weight is 330 g/mol. The molecule has 2 heterocycles. The molecule has 1 fully saturated rings. The summed E-state index contributed by atoms with van der Waals surface area (Å²) in [5.41, 5.74) is 0.814. The number of para-hydroxylation sites is 1. The molecule has 7 nitrogen and oxygen atoms in total. The van der Waals surface area contributed by atoms with E-state index in [-0.39, 0.29) is 5.91 Å². The highest BCUT2D eigenvalue weighted by atomic mass is 16.5. The van der Waals surface area contributed by atoms with Crippen molar-refractivity contribution in [2.45, 2.75) is 19.9 Å². The number of carbonyl (C=O) groups excluding carboxylic acids is 1. The number of hydrogen-bond donors (Lipinski definition) is 0. The van der Waals surface area contributed by atoms with E-state index in [1.54, 1.807) is 14.0 Å². The molecule has 128 valence electrons. The first-order valence-corrected chi connectivity index (χ1v) is 8.11. The predicted octanol–water partition coefficient (Wildman–Crippen LogP) is 1.80. The van der Waals surface area contributed by atoms with Gasteiger partial charge in [-0.05, 0) is 18.6 Å². The van der Waals surface area contributed by atoms with E-state index in [4.69, 9.17) is 9.26 Å². The standard InChI is InChI=1S/C17H22N4O3/c1-13(22)21-9-5-8-20(10-11-21)12-16-18-17(19-24-16)14-6-3-4-7-15(14)23-2/h3-4,6-7H,5,8-12H2,1-2H3. The fourth-order valence-electron chi connectivity index (χ4n) is 2.89. The first-order chi connectivity index (χ1) is 11.7. The lowest BCUT2D eigenvalue weighted by atomic mass is 10.2. The van der Waals surface area contributed by atoms with Crippen LogP contribution in [-0.4, -0.2) is 59.1 Å². The quantitative estimate of drug-likeness (QED) is 0.851. The third-order valence-corrected chi connectivity index (χ3v) is 4.21. The van der Waals surface area contributed by atoms with Crippen molar-refractivity contribution in [1.29, 1.82) is 0 Å². The first kappa shape index (κ1) is 16.4. The minimum absolute atomic E-state index is 0.132. The fraction of sp³-hybridized carbons (Fsp3) is 0.471. The monoisotopic (exact) mass is 330 g/mol. The van der Waals surface area contributed by atoms with Crippen LogP contribution in [0.2, 0.25) is 0 Å². The molecule has 1 amide bonds. The maximum atomic E-state index is 11.5. The third-order valence-electron chi connectivity index (χ3n) is 4.21. The van der Waals surface area contributed by atoms with Crippen LogP contribution in [0, 0.1) is 0 Å². The van der Waals surface area contributed by atoms with Crippen molar-refractivity contribution >= 4 is 5.91 Å². The summed E-state index contributed by atoms with van der Waals surface area (Å²) in [5.74, 6) is 1.96. The van der Waals surface area contributed by atoms with Gasteiger partial charge in [-0.3, -0.25) is 9.69 Å². The first-order valence-electron chi connectivity index (χ1n) is 8.11. The second-order valence-electron chi connectivity index (χ2n) is 5.85. The number of aromatic nitrogens is 2. The number of rotatable bonds is 4. The smallest absolute Gasteiger partial charge is 0.241 e. The normalized spacial score (nSPS) is 16.0. The van der Waals surface area contributed by atoms with Crippen LogP contribution in [0.15, 0.2) is 28.8 Å². The SMILES string of the molecule is COc1ccccc1-c1noc(CN2CCCN(C(C)=O)CC2)n1. The predicted molar refractivity (Wildman–Crippen MR) is 88.4 cm³/mol. The van der Waals surface area contributed by atoms with Gasteiger partial charge in [0.2, 0.25) is 17.6 Å². The lowest BCUT2D eigenvalue weighted by molar-refractivity contribution is -0.128. The van der Waals surface area contributed by atoms with Crippen molar-refractivity contribution < 1.29 is 14.1 Å². The van der Waals surface area contributed by atoms with E-state index in [0.717, 1.165) is 43.9 Å². The van der Waals surface area contributed by atoms with Crippen molar-refractivity contribution in [3.8, 4) is 17.1 Å². The molecule has 0 atom stereocenters. The molecule has 24 heavy (non-hydrogen) atoms. The van der Waals surface area contributed by atoms with Crippen LogP contribution in [0.4, 0.5) is 0 Å². The Hall–Kier alpha value is -2.41. The van der Waals surface area contributed by atoms with Crippen LogP contribution >= 0.6 is 0 Å². The number of amides is 1.